The Morgan fingerprint density at radius 2 is 1.69 bits per heavy atom. The van der Waals surface area contributed by atoms with Crippen LogP contribution in [0.3, 0.4) is 0 Å². The number of rotatable bonds is 5. The molecular weight excluding hydrogens is 479 g/mol. The van der Waals surface area contributed by atoms with Gasteiger partial charge in [-0.25, -0.2) is 22.8 Å². The number of aromatic nitrogens is 4. The van der Waals surface area contributed by atoms with Crippen LogP contribution in [0.15, 0.2) is 77.6 Å². The third-order valence-corrected chi connectivity index (χ3v) is 8.36. The van der Waals surface area contributed by atoms with Gasteiger partial charge in [0, 0.05) is 29.4 Å². The summed E-state index contributed by atoms with van der Waals surface area (Å²) in [6.07, 6.45) is 4.62. The molecule has 1 saturated heterocycles. The Morgan fingerprint density at radius 1 is 0.944 bits per heavy atom. The van der Waals surface area contributed by atoms with E-state index in [4.69, 9.17) is 9.52 Å². The van der Waals surface area contributed by atoms with Crippen LogP contribution >= 0.6 is 0 Å². The van der Waals surface area contributed by atoms with E-state index in [-0.39, 0.29) is 23.2 Å². The number of fused-ring (bicyclic) bond motifs is 1. The monoisotopic (exact) mass is 502 g/mol. The van der Waals surface area contributed by atoms with E-state index in [9.17, 15) is 12.8 Å². The second-order valence-electron chi connectivity index (χ2n) is 9.13. The molecule has 5 aromatic rings. The van der Waals surface area contributed by atoms with E-state index in [2.05, 4.69) is 9.97 Å². The summed E-state index contributed by atoms with van der Waals surface area (Å²) in [5.74, 6) is 0.994. The number of benzene rings is 2. The maximum Gasteiger partial charge on any atom is 0.230 e. The van der Waals surface area contributed by atoms with Crippen LogP contribution in [0.2, 0.25) is 0 Å². The van der Waals surface area contributed by atoms with Crippen molar-refractivity contribution in [3.8, 4) is 33.8 Å². The van der Waals surface area contributed by atoms with Gasteiger partial charge in [-0.05, 0) is 49.1 Å². The topological polar surface area (TPSA) is 90.9 Å². The fourth-order valence-electron chi connectivity index (χ4n) is 4.71. The lowest BCUT2D eigenvalue weighted by molar-refractivity contribution is 0.385. The molecule has 9 heteroatoms. The minimum absolute atomic E-state index is 0.209. The summed E-state index contributed by atoms with van der Waals surface area (Å²) in [5.41, 5.74) is 4.27. The molecule has 0 atom stereocenters. The van der Waals surface area contributed by atoms with E-state index >= 15 is 0 Å². The van der Waals surface area contributed by atoms with Crippen molar-refractivity contribution in [2.45, 2.75) is 19.4 Å². The molecule has 0 amide bonds. The Kier molecular flexibility index (Phi) is 5.64. The second kappa shape index (κ2) is 8.98. The molecule has 0 radical (unpaired) electrons. The summed E-state index contributed by atoms with van der Waals surface area (Å²) >= 11 is 0. The highest BCUT2D eigenvalue weighted by atomic mass is 32.2. The molecular formula is C27H23FN4O3S. The van der Waals surface area contributed by atoms with Gasteiger partial charge in [0.2, 0.25) is 5.71 Å². The molecule has 0 bridgehead atoms. The lowest BCUT2D eigenvalue weighted by atomic mass is 10.0. The quantitative estimate of drug-likeness (QED) is 0.320. The molecule has 36 heavy (non-hydrogen) atoms. The van der Waals surface area contributed by atoms with E-state index in [1.165, 1.54) is 18.5 Å². The first-order chi connectivity index (χ1) is 17.4. The average molecular weight is 503 g/mol. The van der Waals surface area contributed by atoms with Crippen molar-refractivity contribution < 1.29 is 17.2 Å². The van der Waals surface area contributed by atoms with Crippen LogP contribution in [0.5, 0.6) is 0 Å². The molecule has 2 aromatic carbocycles. The first-order valence-electron chi connectivity index (χ1n) is 11.8. The lowest BCUT2D eigenvalue weighted by Gasteiger charge is -2.21. The van der Waals surface area contributed by atoms with Gasteiger partial charge in [0.1, 0.15) is 33.4 Å². The Labute approximate surface area is 207 Å². The van der Waals surface area contributed by atoms with Crippen molar-refractivity contribution in [2.24, 2.45) is 5.92 Å². The highest BCUT2D eigenvalue weighted by molar-refractivity contribution is 7.91. The summed E-state index contributed by atoms with van der Waals surface area (Å²) < 4.78 is 45.3. The molecule has 0 aliphatic carbocycles. The maximum absolute atomic E-state index is 13.7. The minimum Gasteiger partial charge on any atom is -0.438 e. The van der Waals surface area contributed by atoms with Gasteiger partial charge in [-0.1, -0.05) is 30.3 Å². The first-order valence-corrected chi connectivity index (χ1v) is 13.6. The van der Waals surface area contributed by atoms with Crippen LogP contribution in [0.1, 0.15) is 12.8 Å². The van der Waals surface area contributed by atoms with Crippen molar-refractivity contribution in [3.63, 3.8) is 0 Å². The van der Waals surface area contributed by atoms with Gasteiger partial charge in [0.15, 0.2) is 0 Å². The predicted molar refractivity (Wildman–Crippen MR) is 135 cm³/mol. The number of hydrogen-bond donors (Lipinski definition) is 0. The van der Waals surface area contributed by atoms with Crippen molar-refractivity contribution in [1.82, 2.24) is 19.7 Å². The third kappa shape index (κ3) is 4.42. The van der Waals surface area contributed by atoms with Gasteiger partial charge < -0.3 is 4.42 Å². The average Bonchev–Trinajstić information content (AvgIpc) is 3.51. The lowest BCUT2D eigenvalue weighted by Crippen LogP contribution is -2.26. The maximum atomic E-state index is 13.7. The minimum atomic E-state index is -2.94. The zero-order chi connectivity index (χ0) is 24.7. The molecule has 182 valence electrons. The highest BCUT2D eigenvalue weighted by Crippen LogP contribution is 2.37. The Hall–Kier alpha value is -3.85. The van der Waals surface area contributed by atoms with Gasteiger partial charge in [-0.2, -0.15) is 5.10 Å². The number of halogens is 1. The van der Waals surface area contributed by atoms with Crippen LogP contribution in [0.25, 0.3) is 44.9 Å². The fourth-order valence-corrected chi connectivity index (χ4v) is 6.30. The third-order valence-electron chi connectivity index (χ3n) is 6.64. The van der Waals surface area contributed by atoms with Gasteiger partial charge in [0.05, 0.1) is 22.6 Å². The smallest absolute Gasteiger partial charge is 0.230 e. The number of furan rings is 1. The van der Waals surface area contributed by atoms with Crippen LogP contribution in [0.4, 0.5) is 4.39 Å². The predicted octanol–water partition coefficient (Wildman–Crippen LogP) is 5.38. The summed E-state index contributed by atoms with van der Waals surface area (Å²) in [6.45, 7) is 0.596. The molecule has 0 N–H and O–H groups in total. The largest absolute Gasteiger partial charge is 0.438 e. The Bertz CT molecular complexity index is 1630. The molecule has 0 spiro atoms. The summed E-state index contributed by atoms with van der Waals surface area (Å²) in [6, 6.07) is 17.9. The zero-order valence-electron chi connectivity index (χ0n) is 19.3. The van der Waals surface area contributed by atoms with Crippen LogP contribution in [-0.2, 0) is 16.4 Å². The van der Waals surface area contributed by atoms with E-state index in [1.54, 1.807) is 12.1 Å². The molecule has 1 fully saturated rings. The number of sulfone groups is 1. The number of hydrogen-bond acceptors (Lipinski definition) is 6. The van der Waals surface area contributed by atoms with Gasteiger partial charge >= 0.3 is 0 Å². The second-order valence-corrected chi connectivity index (χ2v) is 11.4. The number of nitrogens with zero attached hydrogens (tertiary/aromatic N) is 4. The van der Waals surface area contributed by atoms with E-state index in [1.807, 2.05) is 47.3 Å². The van der Waals surface area contributed by atoms with Crippen LogP contribution < -0.4 is 0 Å². The van der Waals surface area contributed by atoms with E-state index < -0.39 is 9.84 Å². The summed E-state index contributed by atoms with van der Waals surface area (Å²) in [7, 11) is -2.94. The molecule has 1 aliphatic rings. The molecule has 7 nitrogen and oxygen atoms in total. The molecule has 1 aliphatic heterocycles. The zero-order valence-corrected chi connectivity index (χ0v) is 20.2. The fraction of sp³-hybridized carbons (Fsp3) is 0.222. The molecule has 0 unspecified atom stereocenters. The van der Waals surface area contributed by atoms with Gasteiger partial charge in [-0.3, -0.25) is 4.68 Å². The van der Waals surface area contributed by atoms with Gasteiger partial charge in [0.25, 0.3) is 0 Å². The van der Waals surface area contributed by atoms with Crippen molar-refractivity contribution >= 4 is 20.9 Å². The Morgan fingerprint density at radius 3 is 2.44 bits per heavy atom. The SMILES string of the molecule is O=S1(=O)CCC(Cn2cc(-c3ncnc4oc(-c5ccccc5)cc34)c(-c3ccc(F)cc3)n2)CC1. The molecule has 6 rings (SSSR count). The molecule has 0 saturated carbocycles. The molecule has 4 heterocycles. The van der Waals surface area contributed by atoms with Crippen molar-refractivity contribution in [1.29, 1.82) is 0 Å². The summed E-state index contributed by atoms with van der Waals surface area (Å²) in [5, 5.41) is 5.60. The highest BCUT2D eigenvalue weighted by Gasteiger charge is 2.25. The summed E-state index contributed by atoms with van der Waals surface area (Å²) in [4.78, 5) is 8.92. The Balaban J connectivity index is 1.44. The molecule has 3 aromatic heterocycles. The van der Waals surface area contributed by atoms with E-state index in [0.29, 0.717) is 42.2 Å². The van der Waals surface area contributed by atoms with Crippen LogP contribution in [-0.4, -0.2) is 39.7 Å². The van der Waals surface area contributed by atoms with Crippen LogP contribution in [0, 0.1) is 11.7 Å². The standard InChI is InChI=1S/C27H23FN4O3S/c28-21-8-6-20(7-9-21)25-23(16-32(31-25)15-18-10-12-36(33,34)13-11-18)26-22-14-24(19-4-2-1-3-5-19)35-27(22)30-17-29-26/h1-9,14,16-18H,10-13,15H2. The van der Waals surface area contributed by atoms with Gasteiger partial charge in [-0.15, -0.1) is 0 Å². The normalized spacial score (nSPS) is 15.9. The first kappa shape index (κ1) is 22.6. The van der Waals surface area contributed by atoms with Crippen molar-refractivity contribution in [3.05, 3.63) is 79.0 Å². The van der Waals surface area contributed by atoms with Crippen molar-refractivity contribution in [2.75, 3.05) is 11.5 Å². The van der Waals surface area contributed by atoms with E-state index in [0.717, 1.165) is 22.1 Å².